The molecule has 1 heterocycles. The lowest BCUT2D eigenvalue weighted by atomic mass is 10.0. The van der Waals surface area contributed by atoms with Crippen LogP contribution < -0.4 is 10.6 Å². The summed E-state index contributed by atoms with van der Waals surface area (Å²) in [4.78, 5) is 34.4. The minimum Gasteiger partial charge on any atom is -0.480 e. The molecule has 8 nitrogen and oxygen atoms in total. The van der Waals surface area contributed by atoms with Gasteiger partial charge in [-0.05, 0) is 19.3 Å². The minimum absolute atomic E-state index is 0.00708. The van der Waals surface area contributed by atoms with E-state index in [0.717, 1.165) is 11.8 Å². The second-order valence-electron chi connectivity index (χ2n) is 5.45. The van der Waals surface area contributed by atoms with Gasteiger partial charge in [0.15, 0.2) is 5.82 Å². The number of nitrogens with zero attached hydrogens (tertiary/aromatic N) is 1. The van der Waals surface area contributed by atoms with Crippen LogP contribution >= 0.6 is 11.8 Å². The lowest BCUT2D eigenvalue weighted by molar-refractivity contribution is -0.141. The standard InChI is InChI=1S/C14H21N3O5S/c1-8(2)4-10(14(20)21)15-12(18)6-23-7-13(19)16-11-5-9(3)22-17-11/h5,8,10H,4,6-7H2,1-3H3,(H,15,18)(H,20,21)(H,16,17,19)/t10-/m0/s1. The van der Waals surface area contributed by atoms with E-state index in [9.17, 15) is 14.4 Å². The molecule has 0 aliphatic rings. The summed E-state index contributed by atoms with van der Waals surface area (Å²) in [5.41, 5.74) is 0. The molecule has 0 aromatic carbocycles. The molecule has 0 aliphatic carbocycles. The summed E-state index contributed by atoms with van der Waals surface area (Å²) in [6.07, 6.45) is 0.359. The van der Waals surface area contributed by atoms with Crippen LogP contribution in [0.15, 0.2) is 10.6 Å². The monoisotopic (exact) mass is 343 g/mol. The number of hydrogen-bond acceptors (Lipinski definition) is 6. The van der Waals surface area contributed by atoms with Gasteiger partial charge in [-0.2, -0.15) is 0 Å². The highest BCUT2D eigenvalue weighted by atomic mass is 32.2. The molecule has 0 fully saturated rings. The number of amides is 2. The van der Waals surface area contributed by atoms with Crippen molar-refractivity contribution in [2.24, 2.45) is 5.92 Å². The van der Waals surface area contributed by atoms with Crippen molar-refractivity contribution in [3.05, 3.63) is 11.8 Å². The van der Waals surface area contributed by atoms with Crippen LogP contribution in [0.2, 0.25) is 0 Å². The predicted molar refractivity (Wildman–Crippen MR) is 86.2 cm³/mol. The van der Waals surface area contributed by atoms with E-state index < -0.39 is 17.9 Å². The first-order valence-corrected chi connectivity index (χ1v) is 8.26. The number of anilines is 1. The number of rotatable bonds is 9. The highest BCUT2D eigenvalue weighted by molar-refractivity contribution is 8.00. The normalized spacial score (nSPS) is 12.0. The first-order chi connectivity index (χ1) is 10.8. The third-order valence-electron chi connectivity index (χ3n) is 2.70. The second-order valence-corrected chi connectivity index (χ2v) is 6.44. The number of carbonyl (C=O) groups excluding carboxylic acids is 2. The van der Waals surface area contributed by atoms with E-state index in [2.05, 4.69) is 15.8 Å². The molecule has 128 valence electrons. The molecular formula is C14H21N3O5S. The summed E-state index contributed by atoms with van der Waals surface area (Å²) in [7, 11) is 0. The Bertz CT molecular complexity index is 558. The molecule has 1 aromatic heterocycles. The van der Waals surface area contributed by atoms with Gasteiger partial charge in [-0.15, -0.1) is 11.8 Å². The molecule has 0 spiro atoms. The van der Waals surface area contributed by atoms with Crippen LogP contribution in [-0.2, 0) is 14.4 Å². The number of aromatic nitrogens is 1. The number of carboxylic acids is 1. The van der Waals surface area contributed by atoms with Crippen molar-refractivity contribution in [2.45, 2.75) is 33.2 Å². The Morgan fingerprint density at radius 3 is 2.48 bits per heavy atom. The number of aryl methyl sites for hydroxylation is 1. The van der Waals surface area contributed by atoms with Crippen molar-refractivity contribution in [3.63, 3.8) is 0 Å². The topological polar surface area (TPSA) is 122 Å². The van der Waals surface area contributed by atoms with Gasteiger partial charge < -0.3 is 20.3 Å². The quantitative estimate of drug-likeness (QED) is 0.617. The number of thioether (sulfide) groups is 1. The Kier molecular flexibility index (Phi) is 7.60. The fourth-order valence-electron chi connectivity index (χ4n) is 1.77. The average molecular weight is 343 g/mol. The van der Waals surface area contributed by atoms with E-state index in [1.807, 2.05) is 13.8 Å². The number of hydrogen-bond donors (Lipinski definition) is 3. The Morgan fingerprint density at radius 1 is 1.30 bits per heavy atom. The fraction of sp³-hybridized carbons (Fsp3) is 0.571. The minimum atomic E-state index is -1.06. The van der Waals surface area contributed by atoms with Crippen LogP contribution in [0.3, 0.4) is 0 Å². The van der Waals surface area contributed by atoms with Crippen LogP contribution in [0, 0.1) is 12.8 Å². The van der Waals surface area contributed by atoms with Gasteiger partial charge in [-0.1, -0.05) is 19.0 Å². The van der Waals surface area contributed by atoms with E-state index in [1.54, 1.807) is 13.0 Å². The Morgan fingerprint density at radius 2 is 1.96 bits per heavy atom. The summed E-state index contributed by atoms with van der Waals surface area (Å²) in [5, 5.41) is 17.7. The maximum atomic E-state index is 11.7. The molecule has 0 unspecified atom stereocenters. The van der Waals surface area contributed by atoms with Gasteiger partial charge in [-0.25, -0.2) is 4.79 Å². The summed E-state index contributed by atoms with van der Waals surface area (Å²) < 4.78 is 4.81. The van der Waals surface area contributed by atoms with Crippen molar-refractivity contribution in [2.75, 3.05) is 16.8 Å². The molecule has 0 saturated carbocycles. The largest absolute Gasteiger partial charge is 0.480 e. The molecule has 0 bridgehead atoms. The highest BCUT2D eigenvalue weighted by Crippen LogP contribution is 2.09. The van der Waals surface area contributed by atoms with Gasteiger partial charge in [0, 0.05) is 6.07 Å². The maximum absolute atomic E-state index is 11.7. The number of carboxylic acid groups (broad SMARTS) is 1. The fourth-order valence-corrected chi connectivity index (χ4v) is 2.40. The van der Waals surface area contributed by atoms with E-state index in [-0.39, 0.29) is 23.3 Å². The second kappa shape index (κ2) is 9.19. The first kappa shape index (κ1) is 19.0. The zero-order chi connectivity index (χ0) is 17.4. The van der Waals surface area contributed by atoms with E-state index in [4.69, 9.17) is 9.63 Å². The van der Waals surface area contributed by atoms with Gasteiger partial charge in [-0.3, -0.25) is 9.59 Å². The summed E-state index contributed by atoms with van der Waals surface area (Å²) in [6.45, 7) is 5.47. The van der Waals surface area contributed by atoms with Gasteiger partial charge in [0.25, 0.3) is 0 Å². The van der Waals surface area contributed by atoms with E-state index in [1.165, 1.54) is 0 Å². The molecule has 0 aliphatic heterocycles. The maximum Gasteiger partial charge on any atom is 0.326 e. The number of nitrogens with one attached hydrogen (secondary N) is 2. The third-order valence-corrected chi connectivity index (χ3v) is 3.63. The Hall–Kier alpha value is -2.03. The SMILES string of the molecule is Cc1cc(NC(=O)CSCC(=O)N[C@@H](CC(C)C)C(=O)O)no1. The lowest BCUT2D eigenvalue weighted by Gasteiger charge is -2.16. The van der Waals surface area contributed by atoms with Gasteiger partial charge >= 0.3 is 5.97 Å². The molecule has 0 saturated heterocycles. The predicted octanol–water partition coefficient (Wildman–Crippen LogP) is 1.27. The summed E-state index contributed by atoms with van der Waals surface area (Å²) >= 11 is 1.09. The van der Waals surface area contributed by atoms with E-state index >= 15 is 0 Å². The first-order valence-electron chi connectivity index (χ1n) is 7.11. The van der Waals surface area contributed by atoms with E-state index in [0.29, 0.717) is 18.0 Å². The van der Waals surface area contributed by atoms with Gasteiger partial charge in [0.05, 0.1) is 11.5 Å². The molecule has 3 N–H and O–H groups in total. The smallest absolute Gasteiger partial charge is 0.326 e. The zero-order valence-corrected chi connectivity index (χ0v) is 14.1. The van der Waals surface area contributed by atoms with Crippen LogP contribution in [0.25, 0.3) is 0 Å². The van der Waals surface area contributed by atoms with Crippen LogP contribution in [0.5, 0.6) is 0 Å². The molecule has 1 rings (SSSR count). The molecule has 2 amide bonds. The average Bonchev–Trinajstić information content (AvgIpc) is 2.82. The summed E-state index contributed by atoms with van der Waals surface area (Å²) in [5.74, 6) is -0.662. The Balaban J connectivity index is 2.29. The molecular weight excluding hydrogens is 322 g/mol. The van der Waals surface area contributed by atoms with Crippen molar-refractivity contribution < 1.29 is 24.0 Å². The molecule has 1 atom stereocenters. The van der Waals surface area contributed by atoms with Crippen molar-refractivity contribution in [3.8, 4) is 0 Å². The number of carbonyl (C=O) groups is 3. The Labute approximate surface area is 138 Å². The summed E-state index contributed by atoms with van der Waals surface area (Å²) in [6, 6.07) is 0.675. The third kappa shape index (κ3) is 7.68. The van der Waals surface area contributed by atoms with Crippen LogP contribution in [-0.4, -0.2) is 45.6 Å². The van der Waals surface area contributed by atoms with Crippen LogP contribution in [0.1, 0.15) is 26.0 Å². The number of aliphatic carboxylic acids is 1. The van der Waals surface area contributed by atoms with Crippen molar-refractivity contribution in [1.82, 2.24) is 10.5 Å². The highest BCUT2D eigenvalue weighted by Gasteiger charge is 2.21. The van der Waals surface area contributed by atoms with Crippen LogP contribution in [0.4, 0.5) is 5.82 Å². The van der Waals surface area contributed by atoms with Crippen molar-refractivity contribution >= 4 is 35.4 Å². The van der Waals surface area contributed by atoms with Gasteiger partial charge in [0.2, 0.25) is 11.8 Å². The molecule has 23 heavy (non-hydrogen) atoms. The van der Waals surface area contributed by atoms with Crippen molar-refractivity contribution in [1.29, 1.82) is 0 Å². The molecule has 0 radical (unpaired) electrons. The lowest BCUT2D eigenvalue weighted by Crippen LogP contribution is -2.42. The van der Waals surface area contributed by atoms with Gasteiger partial charge in [0.1, 0.15) is 11.8 Å². The molecule has 1 aromatic rings. The zero-order valence-electron chi connectivity index (χ0n) is 13.3. The molecule has 9 heteroatoms.